The Kier molecular flexibility index (Phi) is 8.30. The van der Waals surface area contributed by atoms with E-state index in [2.05, 4.69) is 5.32 Å². The molecule has 1 aliphatic heterocycles. The molecular formula is C28H30N2O4. The molecule has 34 heavy (non-hydrogen) atoms. The van der Waals surface area contributed by atoms with Gasteiger partial charge in [0.1, 0.15) is 11.8 Å². The lowest BCUT2D eigenvalue weighted by molar-refractivity contribution is -0.143. The van der Waals surface area contributed by atoms with Crippen molar-refractivity contribution >= 4 is 11.8 Å². The largest absolute Gasteiger partial charge is 0.484 e. The summed E-state index contributed by atoms with van der Waals surface area (Å²) in [5.41, 5.74) is 1.68. The van der Waals surface area contributed by atoms with Crippen molar-refractivity contribution in [1.82, 2.24) is 10.2 Å². The van der Waals surface area contributed by atoms with Crippen LogP contribution in [0.5, 0.6) is 5.75 Å². The average molecular weight is 459 g/mol. The van der Waals surface area contributed by atoms with Gasteiger partial charge in [0.05, 0.1) is 6.10 Å². The Balaban J connectivity index is 1.58. The number of carbonyl (C=O) groups excluding carboxylic acids is 2. The van der Waals surface area contributed by atoms with Gasteiger partial charge in [0.2, 0.25) is 5.91 Å². The molecule has 6 nitrogen and oxygen atoms in total. The zero-order valence-electron chi connectivity index (χ0n) is 19.1. The van der Waals surface area contributed by atoms with Gasteiger partial charge in [-0.15, -0.1) is 0 Å². The fourth-order valence-electron chi connectivity index (χ4n) is 4.07. The maximum absolute atomic E-state index is 13.5. The van der Waals surface area contributed by atoms with Crippen LogP contribution >= 0.6 is 0 Å². The van der Waals surface area contributed by atoms with Crippen molar-refractivity contribution in [3.05, 3.63) is 102 Å². The third-order valence-electron chi connectivity index (χ3n) is 5.82. The predicted molar refractivity (Wildman–Crippen MR) is 130 cm³/mol. The first kappa shape index (κ1) is 23.5. The van der Waals surface area contributed by atoms with Crippen molar-refractivity contribution in [3.63, 3.8) is 0 Å². The Morgan fingerprint density at radius 2 is 1.59 bits per heavy atom. The molecule has 1 N–H and O–H groups in total. The van der Waals surface area contributed by atoms with Crippen LogP contribution in [0.1, 0.15) is 30.0 Å². The minimum atomic E-state index is -0.797. The maximum Gasteiger partial charge on any atom is 0.261 e. The standard InChI is InChI=1S/C28H30N2O4/c31-26(21-34-24-15-8-3-9-16-24)30(20-22-11-4-1-5-12-22)27(23-13-6-2-7-14-23)28(32)29-19-25-17-10-18-33-25/h1-9,11-16,25,27H,10,17-21H2,(H,29,32). The Morgan fingerprint density at radius 1 is 0.941 bits per heavy atom. The lowest BCUT2D eigenvalue weighted by Gasteiger charge is -2.32. The number of nitrogens with one attached hydrogen (secondary N) is 1. The summed E-state index contributed by atoms with van der Waals surface area (Å²) in [4.78, 5) is 28.6. The van der Waals surface area contributed by atoms with Gasteiger partial charge < -0.3 is 19.7 Å². The van der Waals surface area contributed by atoms with Crippen LogP contribution < -0.4 is 10.1 Å². The monoisotopic (exact) mass is 458 g/mol. The Bertz CT molecular complexity index is 1040. The summed E-state index contributed by atoms with van der Waals surface area (Å²) < 4.78 is 11.4. The number of para-hydroxylation sites is 1. The smallest absolute Gasteiger partial charge is 0.261 e. The van der Waals surface area contributed by atoms with Crippen molar-refractivity contribution in [3.8, 4) is 5.75 Å². The number of rotatable bonds is 10. The summed E-state index contributed by atoms with van der Waals surface area (Å²) in [7, 11) is 0. The van der Waals surface area contributed by atoms with Crippen LogP contribution in [0.3, 0.4) is 0 Å². The lowest BCUT2D eigenvalue weighted by Crippen LogP contribution is -2.46. The Labute approximate surface area is 200 Å². The van der Waals surface area contributed by atoms with E-state index in [0.717, 1.165) is 30.6 Å². The molecule has 0 aliphatic carbocycles. The third-order valence-corrected chi connectivity index (χ3v) is 5.82. The first-order valence-corrected chi connectivity index (χ1v) is 11.7. The average Bonchev–Trinajstić information content (AvgIpc) is 3.41. The second-order valence-corrected chi connectivity index (χ2v) is 8.30. The molecule has 0 aromatic heterocycles. The highest BCUT2D eigenvalue weighted by atomic mass is 16.5. The summed E-state index contributed by atoms with van der Waals surface area (Å²) in [6, 6.07) is 27.5. The van der Waals surface area contributed by atoms with Crippen LogP contribution in [0.25, 0.3) is 0 Å². The lowest BCUT2D eigenvalue weighted by atomic mass is 10.0. The number of ether oxygens (including phenoxy) is 2. The number of benzene rings is 3. The van der Waals surface area contributed by atoms with Crippen molar-refractivity contribution in [2.75, 3.05) is 19.8 Å². The van der Waals surface area contributed by atoms with Crippen molar-refractivity contribution < 1.29 is 19.1 Å². The molecule has 2 amide bonds. The van der Waals surface area contributed by atoms with Crippen LogP contribution in [0, 0.1) is 0 Å². The molecular weight excluding hydrogens is 428 g/mol. The van der Waals surface area contributed by atoms with E-state index in [4.69, 9.17) is 9.47 Å². The van der Waals surface area contributed by atoms with Gasteiger partial charge in [0.25, 0.3) is 5.91 Å². The normalized spacial score (nSPS) is 15.9. The molecule has 0 spiro atoms. The van der Waals surface area contributed by atoms with Crippen molar-refractivity contribution in [1.29, 1.82) is 0 Å². The van der Waals surface area contributed by atoms with Crippen LogP contribution in [-0.2, 0) is 20.9 Å². The van der Waals surface area contributed by atoms with Crippen LogP contribution in [0.2, 0.25) is 0 Å². The molecule has 6 heteroatoms. The minimum Gasteiger partial charge on any atom is -0.484 e. The second kappa shape index (κ2) is 12.0. The number of carbonyl (C=O) groups is 2. The quantitative estimate of drug-likeness (QED) is 0.496. The first-order chi connectivity index (χ1) is 16.7. The highest BCUT2D eigenvalue weighted by molar-refractivity contribution is 5.89. The van der Waals surface area contributed by atoms with Gasteiger partial charge in [0, 0.05) is 19.7 Å². The van der Waals surface area contributed by atoms with E-state index < -0.39 is 6.04 Å². The third kappa shape index (κ3) is 6.45. The summed E-state index contributed by atoms with van der Waals surface area (Å²) in [5, 5.41) is 3.02. The van der Waals surface area contributed by atoms with E-state index in [1.54, 1.807) is 17.0 Å². The summed E-state index contributed by atoms with van der Waals surface area (Å²) in [6.45, 7) is 1.26. The van der Waals surface area contributed by atoms with E-state index in [-0.39, 0.29) is 31.1 Å². The molecule has 176 valence electrons. The molecule has 2 unspecified atom stereocenters. The number of hydrogen-bond acceptors (Lipinski definition) is 4. The van der Waals surface area contributed by atoms with Crippen LogP contribution in [-0.4, -0.2) is 42.6 Å². The highest BCUT2D eigenvalue weighted by Crippen LogP contribution is 2.25. The van der Waals surface area contributed by atoms with Gasteiger partial charge >= 0.3 is 0 Å². The molecule has 0 saturated carbocycles. The van der Waals surface area contributed by atoms with Gasteiger partial charge in [-0.25, -0.2) is 0 Å². The van der Waals surface area contributed by atoms with E-state index in [1.807, 2.05) is 78.9 Å². The number of hydrogen-bond donors (Lipinski definition) is 1. The molecule has 1 fully saturated rings. The molecule has 0 radical (unpaired) electrons. The second-order valence-electron chi connectivity index (χ2n) is 8.30. The first-order valence-electron chi connectivity index (χ1n) is 11.7. The summed E-state index contributed by atoms with van der Waals surface area (Å²) >= 11 is 0. The zero-order chi connectivity index (χ0) is 23.6. The zero-order valence-corrected chi connectivity index (χ0v) is 19.1. The van der Waals surface area contributed by atoms with E-state index in [1.165, 1.54) is 0 Å². The molecule has 1 heterocycles. The van der Waals surface area contributed by atoms with E-state index in [0.29, 0.717) is 12.3 Å². The molecule has 3 aromatic rings. The Hall–Kier alpha value is -3.64. The van der Waals surface area contributed by atoms with Crippen LogP contribution in [0.15, 0.2) is 91.0 Å². The van der Waals surface area contributed by atoms with Gasteiger partial charge in [-0.2, -0.15) is 0 Å². The summed E-state index contributed by atoms with van der Waals surface area (Å²) in [5.74, 6) is 0.106. The van der Waals surface area contributed by atoms with Crippen molar-refractivity contribution in [2.24, 2.45) is 0 Å². The maximum atomic E-state index is 13.5. The molecule has 0 bridgehead atoms. The fraction of sp³-hybridized carbons (Fsp3) is 0.286. The SMILES string of the molecule is O=C(NCC1CCCO1)C(c1ccccc1)N(Cc1ccccc1)C(=O)COc1ccccc1. The number of amides is 2. The van der Waals surface area contributed by atoms with Gasteiger partial charge in [-0.1, -0.05) is 78.9 Å². The van der Waals surface area contributed by atoms with Gasteiger partial charge in [-0.3, -0.25) is 9.59 Å². The predicted octanol–water partition coefficient (Wildman–Crippen LogP) is 4.13. The molecule has 4 rings (SSSR count). The van der Waals surface area contributed by atoms with Gasteiger partial charge in [0.15, 0.2) is 6.61 Å². The van der Waals surface area contributed by atoms with E-state index in [9.17, 15) is 9.59 Å². The fourth-order valence-corrected chi connectivity index (χ4v) is 4.07. The Morgan fingerprint density at radius 3 is 2.24 bits per heavy atom. The number of nitrogens with zero attached hydrogens (tertiary/aromatic N) is 1. The molecule has 1 aliphatic rings. The summed E-state index contributed by atoms with van der Waals surface area (Å²) in [6.07, 6.45) is 1.94. The topological polar surface area (TPSA) is 67.9 Å². The van der Waals surface area contributed by atoms with Crippen molar-refractivity contribution in [2.45, 2.75) is 31.5 Å². The molecule has 2 atom stereocenters. The van der Waals surface area contributed by atoms with E-state index >= 15 is 0 Å². The highest BCUT2D eigenvalue weighted by Gasteiger charge is 2.32. The molecule has 1 saturated heterocycles. The van der Waals surface area contributed by atoms with Crippen LogP contribution in [0.4, 0.5) is 0 Å². The van der Waals surface area contributed by atoms with Gasteiger partial charge in [-0.05, 0) is 36.1 Å². The molecule has 3 aromatic carbocycles. The minimum absolute atomic E-state index is 0.0139.